The number of aliphatic hydroxyl groups excluding tert-OH is 1. The molecule has 0 saturated heterocycles. The molecule has 0 radical (unpaired) electrons. The fourth-order valence-electron chi connectivity index (χ4n) is 1.28. The first kappa shape index (κ1) is 13.7. The Bertz CT molecular complexity index is 340. The lowest BCUT2D eigenvalue weighted by Gasteiger charge is -2.07. The van der Waals surface area contributed by atoms with Gasteiger partial charge in [0, 0.05) is 17.6 Å². The van der Waals surface area contributed by atoms with Gasteiger partial charge in [-0.1, -0.05) is 6.92 Å². The van der Waals surface area contributed by atoms with Crippen molar-refractivity contribution in [2.24, 2.45) is 5.92 Å². The number of thiophene rings is 1. The molecule has 5 heteroatoms. The zero-order valence-corrected chi connectivity index (χ0v) is 11.6. The molecular formula is C11H16BrNO2S. The number of amides is 1. The minimum absolute atomic E-state index is 0.0291. The number of hydrogen-bond donors (Lipinski definition) is 2. The molecule has 1 amide bonds. The smallest absolute Gasteiger partial charge is 0.262 e. The lowest BCUT2D eigenvalue weighted by atomic mass is 10.1. The monoisotopic (exact) mass is 305 g/mol. The van der Waals surface area contributed by atoms with Crippen LogP contribution in [0.15, 0.2) is 15.9 Å². The van der Waals surface area contributed by atoms with Crippen molar-refractivity contribution in [2.45, 2.75) is 19.8 Å². The quantitative estimate of drug-likeness (QED) is 0.794. The van der Waals surface area contributed by atoms with Crippen molar-refractivity contribution in [1.29, 1.82) is 0 Å². The van der Waals surface area contributed by atoms with Gasteiger partial charge in [0.15, 0.2) is 0 Å². The summed E-state index contributed by atoms with van der Waals surface area (Å²) in [5, 5.41) is 13.6. The summed E-state index contributed by atoms with van der Waals surface area (Å²) in [5.74, 6) is 0.281. The number of nitrogens with one attached hydrogen (secondary N) is 1. The van der Waals surface area contributed by atoms with Crippen LogP contribution >= 0.6 is 27.3 Å². The first-order chi connectivity index (χ1) is 7.65. The van der Waals surface area contributed by atoms with E-state index in [-0.39, 0.29) is 12.5 Å². The Morgan fingerprint density at radius 3 is 3.00 bits per heavy atom. The van der Waals surface area contributed by atoms with Gasteiger partial charge < -0.3 is 10.4 Å². The highest BCUT2D eigenvalue weighted by Gasteiger charge is 2.10. The predicted octanol–water partition coefficient (Wildman–Crippen LogP) is 2.65. The SMILES string of the molecule is CC(CO)CCCNC(=O)c1sccc1Br. The van der Waals surface area contributed by atoms with E-state index in [0.29, 0.717) is 12.5 Å². The largest absolute Gasteiger partial charge is 0.396 e. The minimum Gasteiger partial charge on any atom is -0.396 e. The molecule has 16 heavy (non-hydrogen) atoms. The molecule has 0 aliphatic rings. The Morgan fingerprint density at radius 1 is 1.69 bits per heavy atom. The van der Waals surface area contributed by atoms with Crippen LogP contribution in [0.3, 0.4) is 0 Å². The van der Waals surface area contributed by atoms with E-state index >= 15 is 0 Å². The number of rotatable bonds is 6. The van der Waals surface area contributed by atoms with Crippen LogP contribution in [0.1, 0.15) is 29.4 Å². The zero-order chi connectivity index (χ0) is 12.0. The average molecular weight is 306 g/mol. The summed E-state index contributed by atoms with van der Waals surface area (Å²) in [5.41, 5.74) is 0. The molecule has 1 rings (SSSR count). The molecular weight excluding hydrogens is 290 g/mol. The molecule has 90 valence electrons. The van der Waals surface area contributed by atoms with E-state index in [9.17, 15) is 4.79 Å². The van der Waals surface area contributed by atoms with Crippen LogP contribution in [0.25, 0.3) is 0 Å². The highest BCUT2D eigenvalue weighted by molar-refractivity contribution is 9.10. The van der Waals surface area contributed by atoms with Gasteiger partial charge in [0.2, 0.25) is 0 Å². The summed E-state index contributed by atoms with van der Waals surface area (Å²) in [7, 11) is 0. The third kappa shape index (κ3) is 4.23. The minimum atomic E-state index is -0.0291. The molecule has 2 N–H and O–H groups in total. The fraction of sp³-hybridized carbons (Fsp3) is 0.545. The van der Waals surface area contributed by atoms with Gasteiger partial charge in [-0.15, -0.1) is 11.3 Å². The molecule has 1 aromatic heterocycles. The van der Waals surface area contributed by atoms with Crippen molar-refractivity contribution < 1.29 is 9.90 Å². The first-order valence-corrected chi connectivity index (χ1v) is 6.94. The van der Waals surface area contributed by atoms with E-state index in [1.807, 2.05) is 18.4 Å². The van der Waals surface area contributed by atoms with E-state index in [1.54, 1.807) is 0 Å². The number of hydrogen-bond acceptors (Lipinski definition) is 3. The maximum Gasteiger partial charge on any atom is 0.262 e. The third-order valence-electron chi connectivity index (χ3n) is 2.29. The summed E-state index contributed by atoms with van der Waals surface area (Å²) in [4.78, 5) is 12.4. The Balaban J connectivity index is 2.24. The highest BCUT2D eigenvalue weighted by Crippen LogP contribution is 2.22. The van der Waals surface area contributed by atoms with E-state index < -0.39 is 0 Å². The topological polar surface area (TPSA) is 49.3 Å². The molecule has 3 nitrogen and oxygen atoms in total. The lowest BCUT2D eigenvalue weighted by Crippen LogP contribution is -2.24. The summed E-state index contributed by atoms with van der Waals surface area (Å²) < 4.78 is 0.846. The molecule has 0 aromatic carbocycles. The van der Waals surface area contributed by atoms with Crippen molar-refractivity contribution in [3.05, 3.63) is 20.8 Å². The maximum atomic E-state index is 11.7. The molecule has 0 fully saturated rings. The van der Waals surface area contributed by atoms with Crippen LogP contribution in [0, 0.1) is 5.92 Å². The van der Waals surface area contributed by atoms with Crippen LogP contribution in [-0.4, -0.2) is 24.2 Å². The molecule has 1 unspecified atom stereocenters. The molecule has 1 heterocycles. The van der Waals surface area contributed by atoms with Gasteiger partial charge in [0.05, 0.1) is 0 Å². The second-order valence-corrected chi connectivity index (χ2v) is 5.55. The van der Waals surface area contributed by atoms with Crippen molar-refractivity contribution in [3.8, 4) is 0 Å². The third-order valence-corrected chi connectivity index (χ3v) is 4.13. The van der Waals surface area contributed by atoms with Crippen molar-refractivity contribution in [1.82, 2.24) is 5.32 Å². The Labute approximate surface area is 108 Å². The van der Waals surface area contributed by atoms with E-state index in [0.717, 1.165) is 22.2 Å². The normalized spacial score (nSPS) is 12.4. The lowest BCUT2D eigenvalue weighted by molar-refractivity contribution is 0.0955. The van der Waals surface area contributed by atoms with E-state index in [2.05, 4.69) is 21.2 Å². The van der Waals surface area contributed by atoms with Crippen LogP contribution in [0.4, 0.5) is 0 Å². The predicted molar refractivity (Wildman–Crippen MR) is 69.8 cm³/mol. The van der Waals surface area contributed by atoms with Gasteiger partial charge in [-0.25, -0.2) is 0 Å². The van der Waals surface area contributed by atoms with Gasteiger partial charge in [-0.3, -0.25) is 4.79 Å². The number of carbonyl (C=O) groups excluding carboxylic acids is 1. The van der Waals surface area contributed by atoms with Gasteiger partial charge >= 0.3 is 0 Å². The summed E-state index contributed by atoms with van der Waals surface area (Å²) in [6.07, 6.45) is 1.83. The molecule has 1 aromatic rings. The van der Waals surface area contributed by atoms with Crippen molar-refractivity contribution in [2.75, 3.05) is 13.2 Å². The molecule has 0 aliphatic carbocycles. The second-order valence-electron chi connectivity index (χ2n) is 3.78. The van der Waals surface area contributed by atoms with Gasteiger partial charge in [-0.05, 0) is 46.1 Å². The Hall–Kier alpha value is -0.390. The van der Waals surface area contributed by atoms with Crippen LogP contribution in [0.2, 0.25) is 0 Å². The maximum absolute atomic E-state index is 11.7. The van der Waals surface area contributed by atoms with Crippen molar-refractivity contribution >= 4 is 33.2 Å². The number of halogens is 1. The molecule has 0 bridgehead atoms. The van der Waals surface area contributed by atoms with Gasteiger partial charge in [0.25, 0.3) is 5.91 Å². The molecule has 0 aliphatic heterocycles. The van der Waals surface area contributed by atoms with Crippen LogP contribution in [-0.2, 0) is 0 Å². The standard InChI is InChI=1S/C11H16BrNO2S/c1-8(7-14)3-2-5-13-11(15)10-9(12)4-6-16-10/h4,6,8,14H,2-3,5,7H2,1H3,(H,13,15). The highest BCUT2D eigenvalue weighted by atomic mass is 79.9. The van der Waals surface area contributed by atoms with E-state index in [4.69, 9.17) is 5.11 Å². The summed E-state index contributed by atoms with van der Waals surface area (Å²) in [6.45, 7) is 2.87. The summed E-state index contributed by atoms with van der Waals surface area (Å²) in [6, 6.07) is 1.87. The molecule has 1 atom stereocenters. The van der Waals surface area contributed by atoms with Gasteiger partial charge in [0.1, 0.15) is 4.88 Å². The van der Waals surface area contributed by atoms with Crippen LogP contribution < -0.4 is 5.32 Å². The van der Waals surface area contributed by atoms with Crippen molar-refractivity contribution in [3.63, 3.8) is 0 Å². The fourth-order valence-corrected chi connectivity index (χ4v) is 2.75. The number of carbonyl (C=O) groups is 1. The average Bonchev–Trinajstić information content (AvgIpc) is 2.70. The first-order valence-electron chi connectivity index (χ1n) is 5.27. The molecule has 0 saturated carbocycles. The second kappa shape index (κ2) is 7.04. The molecule has 0 spiro atoms. The van der Waals surface area contributed by atoms with Crippen LogP contribution in [0.5, 0.6) is 0 Å². The number of aliphatic hydroxyl groups is 1. The Morgan fingerprint density at radius 2 is 2.44 bits per heavy atom. The van der Waals surface area contributed by atoms with E-state index in [1.165, 1.54) is 11.3 Å². The Kier molecular flexibility index (Phi) is 6.01. The van der Waals surface area contributed by atoms with Gasteiger partial charge in [-0.2, -0.15) is 0 Å². The zero-order valence-electron chi connectivity index (χ0n) is 9.20. The summed E-state index contributed by atoms with van der Waals surface area (Å²) >= 11 is 4.75.